The third-order valence-corrected chi connectivity index (χ3v) is 3.01. The highest BCUT2D eigenvalue weighted by molar-refractivity contribution is 6.33. The molecule has 0 spiro atoms. The quantitative estimate of drug-likeness (QED) is 0.778. The number of likely N-dealkylation sites (N-methyl/N-ethyl adjacent to an activating group) is 1. The maximum Gasteiger partial charge on any atom is 0.253 e. The Morgan fingerprint density at radius 2 is 2.28 bits per heavy atom. The molecule has 0 aromatic carbocycles. The summed E-state index contributed by atoms with van der Waals surface area (Å²) in [5, 5.41) is 2.68. The van der Waals surface area contributed by atoms with Crippen molar-refractivity contribution in [1.29, 1.82) is 0 Å². The number of aromatic nitrogens is 1. The standard InChI is InChI=1S/C11H10ClN3O3/c1-15-9(16)4-8(11(15)18)14-10(17)6-2-3-13-5-7(6)12/h2-3,5,8H,4H2,1H3,(H,14,17). The molecule has 0 aliphatic carbocycles. The van der Waals surface area contributed by atoms with Crippen LogP contribution < -0.4 is 5.32 Å². The number of hydrogen-bond donors (Lipinski definition) is 1. The zero-order valence-electron chi connectivity index (χ0n) is 9.51. The van der Waals surface area contributed by atoms with Gasteiger partial charge in [-0.2, -0.15) is 0 Å². The molecular formula is C11H10ClN3O3. The molecular weight excluding hydrogens is 258 g/mol. The maximum atomic E-state index is 11.9. The highest BCUT2D eigenvalue weighted by atomic mass is 35.5. The van der Waals surface area contributed by atoms with E-state index in [1.165, 1.54) is 25.5 Å². The van der Waals surface area contributed by atoms with E-state index in [9.17, 15) is 14.4 Å². The first kappa shape index (κ1) is 12.5. The monoisotopic (exact) mass is 267 g/mol. The van der Waals surface area contributed by atoms with Crippen molar-refractivity contribution in [3.8, 4) is 0 Å². The van der Waals surface area contributed by atoms with E-state index in [0.29, 0.717) is 0 Å². The zero-order chi connectivity index (χ0) is 13.3. The molecule has 94 valence electrons. The zero-order valence-corrected chi connectivity index (χ0v) is 10.3. The molecule has 1 aliphatic rings. The molecule has 0 saturated carbocycles. The van der Waals surface area contributed by atoms with E-state index >= 15 is 0 Å². The second-order valence-electron chi connectivity index (χ2n) is 3.88. The maximum absolute atomic E-state index is 11.9. The van der Waals surface area contributed by atoms with E-state index in [4.69, 9.17) is 11.6 Å². The van der Waals surface area contributed by atoms with Gasteiger partial charge in [0.05, 0.1) is 17.0 Å². The third-order valence-electron chi connectivity index (χ3n) is 2.70. The minimum absolute atomic E-state index is 0.0240. The van der Waals surface area contributed by atoms with Gasteiger partial charge in [-0.15, -0.1) is 0 Å². The van der Waals surface area contributed by atoms with E-state index in [0.717, 1.165) is 4.90 Å². The smallest absolute Gasteiger partial charge is 0.253 e. The fraction of sp³-hybridized carbons (Fsp3) is 0.273. The number of amides is 3. The topological polar surface area (TPSA) is 79.4 Å². The molecule has 1 aromatic rings. The molecule has 1 atom stereocenters. The van der Waals surface area contributed by atoms with Crippen molar-refractivity contribution in [2.75, 3.05) is 7.05 Å². The van der Waals surface area contributed by atoms with Gasteiger partial charge in [-0.1, -0.05) is 11.6 Å². The van der Waals surface area contributed by atoms with Crippen LogP contribution in [0.5, 0.6) is 0 Å². The molecule has 1 aromatic heterocycles. The summed E-state index contributed by atoms with van der Waals surface area (Å²) >= 11 is 5.81. The lowest BCUT2D eigenvalue weighted by Gasteiger charge is -2.11. The lowest BCUT2D eigenvalue weighted by atomic mass is 10.2. The number of halogens is 1. The summed E-state index contributed by atoms with van der Waals surface area (Å²) in [6.45, 7) is 0. The van der Waals surface area contributed by atoms with Gasteiger partial charge in [0.1, 0.15) is 6.04 Å². The lowest BCUT2D eigenvalue weighted by molar-refractivity contribution is -0.137. The van der Waals surface area contributed by atoms with Crippen LogP contribution in [0.15, 0.2) is 18.5 Å². The number of nitrogens with one attached hydrogen (secondary N) is 1. The van der Waals surface area contributed by atoms with Crippen molar-refractivity contribution in [1.82, 2.24) is 15.2 Å². The Kier molecular flexibility index (Phi) is 3.29. The van der Waals surface area contributed by atoms with Crippen LogP contribution in [0.2, 0.25) is 5.02 Å². The Bertz CT molecular complexity index is 532. The second-order valence-corrected chi connectivity index (χ2v) is 4.28. The van der Waals surface area contributed by atoms with Crippen LogP contribution in [0.25, 0.3) is 0 Å². The van der Waals surface area contributed by atoms with E-state index in [2.05, 4.69) is 10.3 Å². The van der Waals surface area contributed by atoms with Gasteiger partial charge in [-0.25, -0.2) is 0 Å². The van der Waals surface area contributed by atoms with Crippen molar-refractivity contribution in [3.05, 3.63) is 29.0 Å². The van der Waals surface area contributed by atoms with E-state index in [1.807, 2.05) is 0 Å². The molecule has 1 unspecified atom stereocenters. The first-order valence-corrected chi connectivity index (χ1v) is 5.59. The van der Waals surface area contributed by atoms with Crippen molar-refractivity contribution in [2.45, 2.75) is 12.5 Å². The van der Waals surface area contributed by atoms with Crippen LogP contribution >= 0.6 is 11.6 Å². The summed E-state index contributed by atoms with van der Waals surface area (Å²) in [6.07, 6.45) is 2.74. The van der Waals surface area contributed by atoms with Crippen LogP contribution in [0.1, 0.15) is 16.8 Å². The van der Waals surface area contributed by atoms with Crippen molar-refractivity contribution < 1.29 is 14.4 Å². The van der Waals surface area contributed by atoms with Crippen LogP contribution in [0, 0.1) is 0 Å². The van der Waals surface area contributed by atoms with Crippen molar-refractivity contribution in [3.63, 3.8) is 0 Å². The first-order valence-electron chi connectivity index (χ1n) is 5.21. The number of likely N-dealkylation sites (tertiary alicyclic amines) is 1. The summed E-state index contributed by atoms with van der Waals surface area (Å²) in [5.74, 6) is -1.23. The molecule has 6 nitrogen and oxygen atoms in total. The van der Waals surface area contributed by atoms with Gasteiger partial charge in [-0.05, 0) is 6.07 Å². The number of hydrogen-bond acceptors (Lipinski definition) is 4. The molecule has 3 amide bonds. The van der Waals surface area contributed by atoms with Crippen molar-refractivity contribution in [2.24, 2.45) is 0 Å². The van der Waals surface area contributed by atoms with Crippen LogP contribution in [-0.2, 0) is 9.59 Å². The molecule has 2 heterocycles. The summed E-state index contributed by atoms with van der Waals surface area (Å²) in [4.78, 5) is 39.5. The Hall–Kier alpha value is -1.95. The fourth-order valence-corrected chi connectivity index (χ4v) is 1.87. The number of pyridine rings is 1. The normalized spacial score (nSPS) is 19.2. The van der Waals surface area contributed by atoms with Crippen LogP contribution in [0.3, 0.4) is 0 Å². The Balaban J connectivity index is 2.12. The Labute approximate surface area is 108 Å². The van der Waals surface area contributed by atoms with Crippen molar-refractivity contribution >= 4 is 29.3 Å². The largest absolute Gasteiger partial charge is 0.340 e. The molecule has 1 saturated heterocycles. The van der Waals surface area contributed by atoms with E-state index in [1.54, 1.807) is 0 Å². The third kappa shape index (κ3) is 2.19. The number of carbonyl (C=O) groups excluding carboxylic acids is 3. The number of rotatable bonds is 2. The molecule has 0 radical (unpaired) electrons. The summed E-state index contributed by atoms with van der Waals surface area (Å²) in [7, 11) is 1.39. The first-order chi connectivity index (χ1) is 8.50. The second kappa shape index (κ2) is 4.73. The summed E-state index contributed by atoms with van der Waals surface area (Å²) in [6, 6.07) is 0.627. The Morgan fingerprint density at radius 1 is 1.56 bits per heavy atom. The molecule has 2 rings (SSSR count). The van der Waals surface area contributed by atoms with Gasteiger partial charge >= 0.3 is 0 Å². The van der Waals surface area contributed by atoms with Crippen LogP contribution in [0.4, 0.5) is 0 Å². The van der Waals surface area contributed by atoms with Gasteiger partial charge in [0.25, 0.3) is 11.8 Å². The SMILES string of the molecule is CN1C(=O)CC(NC(=O)c2ccncc2Cl)C1=O. The molecule has 7 heteroatoms. The van der Waals surface area contributed by atoms with E-state index in [-0.39, 0.29) is 22.9 Å². The summed E-state index contributed by atoms with van der Waals surface area (Å²) < 4.78 is 0. The van der Waals surface area contributed by atoms with Gasteiger partial charge in [0, 0.05) is 19.4 Å². The van der Waals surface area contributed by atoms with Crippen LogP contribution in [-0.4, -0.2) is 40.7 Å². The molecule has 1 N–H and O–H groups in total. The predicted molar refractivity (Wildman–Crippen MR) is 62.9 cm³/mol. The fourth-order valence-electron chi connectivity index (χ4n) is 1.66. The number of nitrogens with zero attached hydrogens (tertiary/aromatic N) is 2. The minimum atomic E-state index is -0.820. The number of imide groups is 1. The summed E-state index contributed by atoms with van der Waals surface area (Å²) in [5.41, 5.74) is 0.224. The number of carbonyl (C=O) groups is 3. The average molecular weight is 268 g/mol. The van der Waals surface area contributed by atoms with Gasteiger partial charge < -0.3 is 5.32 Å². The van der Waals surface area contributed by atoms with Gasteiger partial charge in [0.2, 0.25) is 5.91 Å². The Morgan fingerprint density at radius 3 is 2.83 bits per heavy atom. The molecule has 18 heavy (non-hydrogen) atoms. The van der Waals surface area contributed by atoms with Gasteiger partial charge in [-0.3, -0.25) is 24.3 Å². The highest BCUT2D eigenvalue weighted by Crippen LogP contribution is 2.15. The van der Waals surface area contributed by atoms with Gasteiger partial charge in [0.15, 0.2) is 0 Å². The average Bonchev–Trinajstić information content (AvgIpc) is 2.57. The van der Waals surface area contributed by atoms with E-state index < -0.39 is 17.9 Å². The molecule has 1 fully saturated rings. The highest BCUT2D eigenvalue weighted by Gasteiger charge is 2.37. The predicted octanol–water partition coefficient (Wildman–Crippen LogP) is 0.222. The lowest BCUT2D eigenvalue weighted by Crippen LogP contribution is -2.40. The minimum Gasteiger partial charge on any atom is -0.340 e. The molecule has 1 aliphatic heterocycles. The molecule has 0 bridgehead atoms.